The van der Waals surface area contributed by atoms with Crippen molar-refractivity contribution in [2.24, 2.45) is 0 Å². The van der Waals surface area contributed by atoms with Gasteiger partial charge in [-0.05, 0) is 30.9 Å². The van der Waals surface area contributed by atoms with Gasteiger partial charge in [0.05, 0.1) is 6.61 Å². The summed E-state index contributed by atoms with van der Waals surface area (Å²) in [5.41, 5.74) is 3.20. The summed E-state index contributed by atoms with van der Waals surface area (Å²) in [5.74, 6) is -0.0650. The number of allylic oxidation sites excluding steroid dienone is 3. The number of benzene rings is 1. The average Bonchev–Trinajstić information content (AvgIpc) is 2.49. The number of amides is 1. The van der Waals surface area contributed by atoms with Crippen LogP contribution in [0.25, 0.3) is 0 Å². The molecule has 0 bridgehead atoms. The van der Waals surface area contributed by atoms with Crippen LogP contribution in [-0.4, -0.2) is 17.6 Å². The van der Waals surface area contributed by atoms with Gasteiger partial charge >= 0.3 is 0 Å². The van der Waals surface area contributed by atoms with Gasteiger partial charge < -0.3 is 10.4 Å². The first-order valence-electron chi connectivity index (χ1n) is 6.99. The lowest BCUT2D eigenvalue weighted by Crippen LogP contribution is -2.23. The maximum absolute atomic E-state index is 11.6. The monoisotopic (exact) mass is 273 g/mol. The predicted octanol–water partition coefficient (Wildman–Crippen LogP) is 2.75. The Hall–Kier alpha value is -1.87. The van der Waals surface area contributed by atoms with E-state index in [2.05, 4.69) is 12.2 Å². The second kappa shape index (κ2) is 9.10. The summed E-state index contributed by atoms with van der Waals surface area (Å²) in [7, 11) is 0. The van der Waals surface area contributed by atoms with Crippen LogP contribution in [0.1, 0.15) is 31.4 Å². The quantitative estimate of drug-likeness (QED) is 0.593. The summed E-state index contributed by atoms with van der Waals surface area (Å²) >= 11 is 0. The van der Waals surface area contributed by atoms with E-state index in [1.54, 1.807) is 6.08 Å². The second-order valence-electron chi connectivity index (χ2n) is 4.57. The van der Waals surface area contributed by atoms with Crippen molar-refractivity contribution >= 4 is 5.91 Å². The molecule has 108 valence electrons. The first-order chi connectivity index (χ1) is 9.69. The summed E-state index contributed by atoms with van der Waals surface area (Å²) in [4.78, 5) is 11.6. The van der Waals surface area contributed by atoms with E-state index >= 15 is 0 Å². The lowest BCUT2D eigenvalue weighted by molar-refractivity contribution is -0.116. The average molecular weight is 273 g/mol. The minimum Gasteiger partial charge on any atom is -0.392 e. The van der Waals surface area contributed by atoms with Crippen LogP contribution in [0, 0.1) is 0 Å². The third-order valence-corrected chi connectivity index (χ3v) is 3.15. The number of carbonyl (C=O) groups is 1. The minimum atomic E-state index is -0.0650. The van der Waals surface area contributed by atoms with Gasteiger partial charge in [-0.3, -0.25) is 4.79 Å². The molecule has 2 N–H and O–H groups in total. The number of aliphatic hydroxyl groups is 1. The van der Waals surface area contributed by atoms with E-state index in [1.165, 1.54) is 0 Å². The number of aliphatic hydroxyl groups excluding tert-OH is 1. The summed E-state index contributed by atoms with van der Waals surface area (Å²) < 4.78 is 0. The Morgan fingerprint density at radius 2 is 1.85 bits per heavy atom. The lowest BCUT2D eigenvalue weighted by Gasteiger charge is -2.04. The SMILES string of the molecule is CC=C(C=CC(=O)NCCc1ccc(CO)cc1)CC. The van der Waals surface area contributed by atoms with E-state index < -0.39 is 0 Å². The van der Waals surface area contributed by atoms with Crippen LogP contribution in [0.4, 0.5) is 0 Å². The summed E-state index contributed by atoms with van der Waals surface area (Å²) in [6.45, 7) is 4.70. The summed E-state index contributed by atoms with van der Waals surface area (Å²) in [6, 6.07) is 7.75. The minimum absolute atomic E-state index is 0.0620. The summed E-state index contributed by atoms with van der Waals surface area (Å²) in [5, 5.41) is 11.8. The molecule has 1 aromatic rings. The van der Waals surface area contributed by atoms with Crippen LogP contribution in [0.3, 0.4) is 0 Å². The normalized spacial score (nSPS) is 11.8. The highest BCUT2D eigenvalue weighted by Crippen LogP contribution is 2.04. The molecule has 0 aromatic heterocycles. The molecular weight excluding hydrogens is 250 g/mol. The smallest absolute Gasteiger partial charge is 0.243 e. The first kappa shape index (κ1) is 16.2. The van der Waals surface area contributed by atoms with Gasteiger partial charge in [0.2, 0.25) is 5.91 Å². The molecule has 1 rings (SSSR count). The van der Waals surface area contributed by atoms with Crippen LogP contribution in [-0.2, 0) is 17.8 Å². The highest BCUT2D eigenvalue weighted by molar-refractivity contribution is 5.87. The molecule has 0 fully saturated rings. The van der Waals surface area contributed by atoms with E-state index in [9.17, 15) is 4.79 Å². The van der Waals surface area contributed by atoms with Crippen molar-refractivity contribution in [1.82, 2.24) is 5.32 Å². The Labute approximate surface area is 121 Å². The molecule has 20 heavy (non-hydrogen) atoms. The molecule has 0 saturated carbocycles. The zero-order valence-corrected chi connectivity index (χ0v) is 12.2. The van der Waals surface area contributed by atoms with E-state index in [-0.39, 0.29) is 12.5 Å². The zero-order valence-electron chi connectivity index (χ0n) is 12.2. The fraction of sp³-hybridized carbons (Fsp3) is 0.353. The molecule has 0 saturated heterocycles. The molecule has 0 aliphatic carbocycles. The highest BCUT2D eigenvalue weighted by atomic mass is 16.3. The molecule has 0 unspecified atom stereocenters. The van der Waals surface area contributed by atoms with Crippen molar-refractivity contribution in [2.75, 3.05) is 6.54 Å². The van der Waals surface area contributed by atoms with Crippen molar-refractivity contribution in [3.63, 3.8) is 0 Å². The highest BCUT2D eigenvalue weighted by Gasteiger charge is 1.97. The van der Waals surface area contributed by atoms with Gasteiger partial charge in [-0.25, -0.2) is 0 Å². The number of carbonyl (C=O) groups excluding carboxylic acids is 1. The van der Waals surface area contributed by atoms with Gasteiger partial charge in [-0.15, -0.1) is 0 Å². The van der Waals surface area contributed by atoms with Crippen LogP contribution in [0.5, 0.6) is 0 Å². The molecule has 1 amide bonds. The van der Waals surface area contributed by atoms with E-state index in [4.69, 9.17) is 5.11 Å². The Kier molecular flexibility index (Phi) is 7.36. The predicted molar refractivity (Wildman–Crippen MR) is 82.3 cm³/mol. The number of rotatable bonds is 7. The second-order valence-corrected chi connectivity index (χ2v) is 4.57. The summed E-state index contributed by atoms with van der Waals surface area (Å²) in [6.07, 6.45) is 7.15. The molecule has 0 heterocycles. The van der Waals surface area contributed by atoms with Crippen LogP contribution in [0.2, 0.25) is 0 Å². The van der Waals surface area contributed by atoms with Gasteiger partial charge in [0, 0.05) is 12.6 Å². The van der Waals surface area contributed by atoms with Crippen molar-refractivity contribution in [2.45, 2.75) is 33.3 Å². The Balaban J connectivity index is 2.34. The molecule has 0 atom stereocenters. The number of nitrogens with one attached hydrogen (secondary N) is 1. The molecule has 0 aliphatic heterocycles. The molecule has 3 heteroatoms. The zero-order chi connectivity index (χ0) is 14.8. The third-order valence-electron chi connectivity index (χ3n) is 3.15. The van der Waals surface area contributed by atoms with Crippen molar-refractivity contribution in [3.8, 4) is 0 Å². The molecule has 0 spiro atoms. The van der Waals surface area contributed by atoms with Crippen LogP contribution in [0.15, 0.2) is 48.1 Å². The van der Waals surface area contributed by atoms with Gasteiger partial charge in [-0.1, -0.05) is 48.9 Å². The van der Waals surface area contributed by atoms with Crippen molar-refractivity contribution in [3.05, 3.63) is 59.2 Å². The Bertz CT molecular complexity index is 472. The molecule has 1 aromatic carbocycles. The van der Waals surface area contributed by atoms with E-state index in [0.717, 1.165) is 29.5 Å². The molecule has 3 nitrogen and oxygen atoms in total. The van der Waals surface area contributed by atoms with Crippen molar-refractivity contribution < 1.29 is 9.90 Å². The number of hydrogen-bond acceptors (Lipinski definition) is 2. The maximum atomic E-state index is 11.6. The standard InChI is InChI=1S/C17H23NO2/c1-3-14(4-2)9-10-17(20)18-12-11-15-5-7-16(13-19)8-6-15/h3,5-10,19H,4,11-13H2,1-2H3,(H,18,20). The molecule has 0 radical (unpaired) electrons. The van der Waals surface area contributed by atoms with Gasteiger partial charge in [-0.2, -0.15) is 0 Å². The molecule has 0 aliphatic rings. The largest absolute Gasteiger partial charge is 0.392 e. The Morgan fingerprint density at radius 1 is 1.20 bits per heavy atom. The Morgan fingerprint density at radius 3 is 2.40 bits per heavy atom. The fourth-order valence-electron chi connectivity index (χ4n) is 1.80. The van der Waals surface area contributed by atoms with E-state index in [0.29, 0.717) is 6.54 Å². The van der Waals surface area contributed by atoms with Gasteiger partial charge in [0.15, 0.2) is 0 Å². The van der Waals surface area contributed by atoms with Gasteiger partial charge in [0.25, 0.3) is 0 Å². The number of hydrogen-bond donors (Lipinski definition) is 2. The van der Waals surface area contributed by atoms with Crippen LogP contribution >= 0.6 is 0 Å². The molecular formula is C17H23NO2. The lowest BCUT2D eigenvalue weighted by atomic mass is 10.1. The van der Waals surface area contributed by atoms with Crippen LogP contribution < -0.4 is 5.32 Å². The maximum Gasteiger partial charge on any atom is 0.243 e. The van der Waals surface area contributed by atoms with Gasteiger partial charge in [0.1, 0.15) is 0 Å². The third kappa shape index (κ3) is 5.85. The topological polar surface area (TPSA) is 49.3 Å². The van der Waals surface area contributed by atoms with E-state index in [1.807, 2.05) is 43.3 Å². The first-order valence-corrected chi connectivity index (χ1v) is 6.99. The fourth-order valence-corrected chi connectivity index (χ4v) is 1.80. The van der Waals surface area contributed by atoms with Crippen molar-refractivity contribution in [1.29, 1.82) is 0 Å².